The molecule has 3 rings (SSSR count). The molecule has 106 valence electrons. The van der Waals surface area contributed by atoms with Gasteiger partial charge < -0.3 is 5.11 Å². The average molecular weight is 298 g/mol. The molecule has 1 aliphatic heterocycles. The third-order valence-corrected chi connectivity index (χ3v) is 4.81. The van der Waals surface area contributed by atoms with Crippen molar-refractivity contribution in [1.82, 2.24) is 4.90 Å². The van der Waals surface area contributed by atoms with Crippen LogP contribution in [0.2, 0.25) is 0 Å². The van der Waals surface area contributed by atoms with E-state index in [1.54, 1.807) is 35.6 Å². The molecule has 2 heterocycles. The SMILES string of the molecule is N#Cc1ccc(C(C(=O)O)N2CCc3sccc3C2)cc1. The van der Waals surface area contributed by atoms with Crippen molar-refractivity contribution in [3.05, 3.63) is 57.3 Å². The number of hydrogen-bond acceptors (Lipinski definition) is 4. The molecule has 4 nitrogen and oxygen atoms in total. The van der Waals surface area contributed by atoms with Gasteiger partial charge in [0.15, 0.2) is 0 Å². The first-order valence-corrected chi connectivity index (χ1v) is 7.59. The first kappa shape index (κ1) is 13.8. The fraction of sp³-hybridized carbons (Fsp3) is 0.250. The summed E-state index contributed by atoms with van der Waals surface area (Å²) in [6.07, 6.45) is 0.896. The number of nitriles is 1. The van der Waals surface area contributed by atoms with Crippen LogP contribution in [0.15, 0.2) is 35.7 Å². The Morgan fingerprint density at radius 2 is 2.10 bits per heavy atom. The lowest BCUT2D eigenvalue weighted by atomic mass is 10.0. The number of carboxylic acid groups (broad SMARTS) is 1. The van der Waals surface area contributed by atoms with Gasteiger partial charge in [-0.15, -0.1) is 11.3 Å². The molecule has 0 fully saturated rings. The van der Waals surface area contributed by atoms with Crippen LogP contribution in [0.5, 0.6) is 0 Å². The van der Waals surface area contributed by atoms with Gasteiger partial charge in [0.1, 0.15) is 6.04 Å². The Morgan fingerprint density at radius 3 is 2.76 bits per heavy atom. The van der Waals surface area contributed by atoms with E-state index in [1.165, 1.54) is 10.4 Å². The van der Waals surface area contributed by atoms with Crippen LogP contribution in [0.1, 0.15) is 27.6 Å². The monoisotopic (exact) mass is 298 g/mol. The molecule has 0 bridgehead atoms. The third-order valence-electron chi connectivity index (χ3n) is 3.79. The molecule has 0 aliphatic carbocycles. The number of aliphatic carboxylic acids is 1. The average Bonchev–Trinajstić information content (AvgIpc) is 2.95. The molecule has 1 N–H and O–H groups in total. The molecule has 0 saturated heterocycles. The van der Waals surface area contributed by atoms with Crippen molar-refractivity contribution in [3.8, 4) is 6.07 Å². The Bertz CT molecular complexity index is 700. The van der Waals surface area contributed by atoms with Crippen LogP contribution < -0.4 is 0 Å². The van der Waals surface area contributed by atoms with Crippen molar-refractivity contribution < 1.29 is 9.90 Å². The molecule has 1 unspecified atom stereocenters. The van der Waals surface area contributed by atoms with Crippen molar-refractivity contribution in [2.24, 2.45) is 0 Å². The maximum atomic E-state index is 11.7. The lowest BCUT2D eigenvalue weighted by Crippen LogP contribution is -2.37. The summed E-state index contributed by atoms with van der Waals surface area (Å²) in [4.78, 5) is 15.0. The molecule has 5 heteroatoms. The minimum atomic E-state index is -0.849. The zero-order chi connectivity index (χ0) is 14.8. The van der Waals surface area contributed by atoms with Gasteiger partial charge in [0, 0.05) is 18.0 Å². The van der Waals surface area contributed by atoms with E-state index in [9.17, 15) is 9.90 Å². The van der Waals surface area contributed by atoms with Crippen molar-refractivity contribution in [2.75, 3.05) is 6.54 Å². The molecule has 1 aliphatic rings. The fourth-order valence-electron chi connectivity index (χ4n) is 2.74. The number of rotatable bonds is 3. The molecule has 1 aromatic heterocycles. The normalized spacial score (nSPS) is 16.0. The summed E-state index contributed by atoms with van der Waals surface area (Å²) in [5.41, 5.74) is 2.49. The molecule has 1 aromatic carbocycles. The van der Waals surface area contributed by atoms with Crippen molar-refractivity contribution in [2.45, 2.75) is 19.0 Å². The first-order chi connectivity index (χ1) is 10.2. The highest BCUT2D eigenvalue weighted by molar-refractivity contribution is 7.10. The van der Waals surface area contributed by atoms with Gasteiger partial charge in [0.2, 0.25) is 0 Å². The smallest absolute Gasteiger partial charge is 0.325 e. The van der Waals surface area contributed by atoms with Gasteiger partial charge in [0.05, 0.1) is 11.6 Å². The maximum Gasteiger partial charge on any atom is 0.325 e. The standard InChI is InChI=1S/C16H14N2O2S/c17-9-11-1-3-12(4-2-11)15(16(19)20)18-7-5-14-13(10-18)6-8-21-14/h1-4,6,8,15H,5,7,10H2,(H,19,20). The second kappa shape index (κ2) is 5.68. The molecule has 21 heavy (non-hydrogen) atoms. The number of carboxylic acids is 1. The quantitative estimate of drug-likeness (QED) is 0.946. The van der Waals surface area contributed by atoms with Gasteiger partial charge in [0.25, 0.3) is 0 Å². The summed E-state index contributed by atoms with van der Waals surface area (Å²) in [6.45, 7) is 1.40. The number of fused-ring (bicyclic) bond motifs is 1. The predicted octanol–water partition coefficient (Wildman–Crippen LogP) is 2.80. The molecule has 1 atom stereocenters. The zero-order valence-electron chi connectivity index (χ0n) is 11.3. The number of thiophene rings is 1. The topological polar surface area (TPSA) is 64.3 Å². The molecular formula is C16H14N2O2S. The molecular weight excluding hydrogens is 284 g/mol. The van der Waals surface area contributed by atoms with E-state index in [1.807, 2.05) is 4.90 Å². The van der Waals surface area contributed by atoms with E-state index in [-0.39, 0.29) is 0 Å². The number of hydrogen-bond donors (Lipinski definition) is 1. The summed E-state index contributed by atoms with van der Waals surface area (Å²) < 4.78 is 0. The molecule has 0 saturated carbocycles. The third kappa shape index (κ3) is 2.68. The summed E-state index contributed by atoms with van der Waals surface area (Å²) in [6, 6.07) is 10.3. The van der Waals surface area contributed by atoms with Crippen LogP contribution >= 0.6 is 11.3 Å². The minimum absolute atomic E-state index is 0.543. The Balaban J connectivity index is 1.88. The van der Waals surface area contributed by atoms with E-state index in [4.69, 9.17) is 5.26 Å². The van der Waals surface area contributed by atoms with Crippen LogP contribution in [0, 0.1) is 11.3 Å². The molecule has 0 radical (unpaired) electrons. The minimum Gasteiger partial charge on any atom is -0.480 e. The Kier molecular flexibility index (Phi) is 3.74. The first-order valence-electron chi connectivity index (χ1n) is 6.71. The van der Waals surface area contributed by atoms with E-state index < -0.39 is 12.0 Å². The Morgan fingerprint density at radius 1 is 1.33 bits per heavy atom. The van der Waals surface area contributed by atoms with Crippen LogP contribution in [0.4, 0.5) is 0 Å². The Labute approximate surface area is 126 Å². The van der Waals surface area contributed by atoms with Gasteiger partial charge in [-0.2, -0.15) is 5.26 Å². The van der Waals surface area contributed by atoms with Crippen molar-refractivity contribution >= 4 is 17.3 Å². The number of nitrogens with zero attached hydrogens (tertiary/aromatic N) is 2. The van der Waals surface area contributed by atoms with E-state index in [2.05, 4.69) is 17.5 Å². The largest absolute Gasteiger partial charge is 0.480 e. The van der Waals surface area contributed by atoms with Crippen molar-refractivity contribution in [3.63, 3.8) is 0 Å². The van der Waals surface area contributed by atoms with E-state index in [0.29, 0.717) is 12.1 Å². The van der Waals surface area contributed by atoms with Crippen LogP contribution in [0.3, 0.4) is 0 Å². The second-order valence-electron chi connectivity index (χ2n) is 5.06. The summed E-state index contributed by atoms with van der Waals surface area (Å²) >= 11 is 1.74. The van der Waals surface area contributed by atoms with Gasteiger partial charge in [-0.1, -0.05) is 12.1 Å². The van der Waals surface area contributed by atoms with Crippen molar-refractivity contribution in [1.29, 1.82) is 5.26 Å². The van der Waals surface area contributed by atoms with Gasteiger partial charge in [-0.25, -0.2) is 0 Å². The lowest BCUT2D eigenvalue weighted by Gasteiger charge is -2.32. The van der Waals surface area contributed by atoms with Gasteiger partial charge in [-0.05, 0) is 41.1 Å². The van der Waals surface area contributed by atoms with E-state index >= 15 is 0 Å². The summed E-state index contributed by atoms with van der Waals surface area (Å²) in [7, 11) is 0. The molecule has 0 amide bonds. The van der Waals surface area contributed by atoms with Gasteiger partial charge in [-0.3, -0.25) is 9.69 Å². The highest BCUT2D eigenvalue weighted by atomic mass is 32.1. The Hall–Kier alpha value is -2.16. The lowest BCUT2D eigenvalue weighted by molar-refractivity contribution is -0.144. The zero-order valence-corrected chi connectivity index (χ0v) is 12.1. The van der Waals surface area contributed by atoms with E-state index in [0.717, 1.165) is 18.5 Å². The number of benzene rings is 1. The predicted molar refractivity (Wildman–Crippen MR) is 80.0 cm³/mol. The van der Waals surface area contributed by atoms with Crippen LogP contribution in [-0.4, -0.2) is 22.5 Å². The van der Waals surface area contributed by atoms with Gasteiger partial charge >= 0.3 is 5.97 Å². The summed E-state index contributed by atoms with van der Waals surface area (Å²) in [5.74, 6) is -0.849. The molecule has 2 aromatic rings. The summed E-state index contributed by atoms with van der Waals surface area (Å²) in [5, 5.41) is 20.5. The maximum absolute atomic E-state index is 11.7. The molecule has 0 spiro atoms. The highest BCUT2D eigenvalue weighted by Gasteiger charge is 2.30. The van der Waals surface area contributed by atoms with Crippen LogP contribution in [0.25, 0.3) is 0 Å². The number of carbonyl (C=O) groups is 1. The fourth-order valence-corrected chi connectivity index (χ4v) is 3.63. The van der Waals surface area contributed by atoms with Crippen LogP contribution in [-0.2, 0) is 17.8 Å². The highest BCUT2D eigenvalue weighted by Crippen LogP contribution is 2.30. The second-order valence-corrected chi connectivity index (χ2v) is 6.06.